The Hall–Kier alpha value is -3.55. The van der Waals surface area contributed by atoms with Gasteiger partial charge in [-0.3, -0.25) is 0 Å². The van der Waals surface area contributed by atoms with Gasteiger partial charge in [-0.2, -0.15) is 9.78 Å². The van der Waals surface area contributed by atoms with Crippen molar-refractivity contribution in [2.24, 2.45) is 0 Å². The number of nitrogens with zero attached hydrogens (tertiary/aromatic N) is 4. The molecule has 0 aliphatic rings. The highest BCUT2D eigenvalue weighted by Gasteiger charge is 2.21. The summed E-state index contributed by atoms with van der Waals surface area (Å²) in [5.41, 5.74) is 1.90. The minimum absolute atomic E-state index is 0.0493. The molecule has 3 aromatic rings. The number of aromatic carboxylic acids is 1. The Morgan fingerprint density at radius 3 is 2.19 bits per heavy atom. The molecule has 26 heavy (non-hydrogen) atoms. The van der Waals surface area contributed by atoms with Crippen LogP contribution in [0.4, 0.5) is 0 Å². The largest absolute Gasteiger partial charge is 0.478 e. The van der Waals surface area contributed by atoms with Crippen LogP contribution in [0.15, 0.2) is 36.4 Å². The highest BCUT2D eigenvalue weighted by atomic mass is 16.5. The molecule has 3 rings (SSSR count). The topological polar surface area (TPSA) is 107 Å². The third-order valence-corrected chi connectivity index (χ3v) is 3.53. The van der Waals surface area contributed by atoms with E-state index in [1.165, 1.54) is 22.9 Å². The SMILES string of the molecule is Cc1cc(C)nc(-n2nc(C)cc2OC(=O)c2ccccc2C(=O)O)n1. The van der Waals surface area contributed by atoms with Crippen LogP contribution >= 0.6 is 0 Å². The van der Waals surface area contributed by atoms with E-state index in [-0.39, 0.29) is 23.0 Å². The first-order chi connectivity index (χ1) is 12.3. The third-order valence-electron chi connectivity index (χ3n) is 3.53. The number of rotatable bonds is 4. The van der Waals surface area contributed by atoms with Crippen LogP contribution in [0.3, 0.4) is 0 Å². The summed E-state index contributed by atoms with van der Waals surface area (Å²) in [6, 6.07) is 9.22. The number of hydrogen-bond acceptors (Lipinski definition) is 6. The number of carboxylic acid groups (broad SMARTS) is 1. The summed E-state index contributed by atoms with van der Waals surface area (Å²) >= 11 is 0. The zero-order valence-electron chi connectivity index (χ0n) is 14.4. The van der Waals surface area contributed by atoms with E-state index in [4.69, 9.17) is 4.74 Å². The molecule has 0 saturated heterocycles. The fourth-order valence-electron chi connectivity index (χ4n) is 2.49. The molecule has 0 radical (unpaired) electrons. The Bertz CT molecular complexity index is 990. The van der Waals surface area contributed by atoms with Crippen molar-refractivity contribution >= 4 is 11.9 Å². The molecule has 0 aliphatic carbocycles. The lowest BCUT2D eigenvalue weighted by molar-refractivity contribution is 0.0663. The molecule has 0 fully saturated rings. The number of benzene rings is 1. The molecule has 0 unspecified atom stereocenters. The monoisotopic (exact) mass is 352 g/mol. The molecule has 1 aromatic carbocycles. The van der Waals surface area contributed by atoms with E-state index < -0.39 is 11.9 Å². The van der Waals surface area contributed by atoms with Crippen LogP contribution in [0.1, 0.15) is 37.8 Å². The first-order valence-corrected chi connectivity index (χ1v) is 7.79. The fraction of sp³-hybridized carbons (Fsp3) is 0.167. The van der Waals surface area contributed by atoms with Crippen LogP contribution in [-0.4, -0.2) is 36.8 Å². The van der Waals surface area contributed by atoms with Crippen molar-refractivity contribution in [2.75, 3.05) is 0 Å². The molecule has 1 N–H and O–H groups in total. The lowest BCUT2D eigenvalue weighted by atomic mass is 10.1. The summed E-state index contributed by atoms with van der Waals surface area (Å²) in [5.74, 6) is -1.63. The van der Waals surface area contributed by atoms with Crippen molar-refractivity contribution < 1.29 is 19.4 Å². The fourth-order valence-corrected chi connectivity index (χ4v) is 2.49. The van der Waals surface area contributed by atoms with Crippen molar-refractivity contribution in [3.63, 3.8) is 0 Å². The van der Waals surface area contributed by atoms with Crippen molar-refractivity contribution in [3.8, 4) is 11.8 Å². The van der Waals surface area contributed by atoms with E-state index in [1.54, 1.807) is 19.1 Å². The molecule has 0 bridgehead atoms. The molecular weight excluding hydrogens is 336 g/mol. The number of hydrogen-bond donors (Lipinski definition) is 1. The highest BCUT2D eigenvalue weighted by Crippen LogP contribution is 2.20. The van der Waals surface area contributed by atoms with Crippen LogP contribution in [0.2, 0.25) is 0 Å². The molecule has 8 nitrogen and oxygen atoms in total. The van der Waals surface area contributed by atoms with Crippen molar-refractivity contribution in [1.29, 1.82) is 0 Å². The Kier molecular flexibility index (Phi) is 4.49. The van der Waals surface area contributed by atoms with E-state index in [1.807, 2.05) is 19.9 Å². The van der Waals surface area contributed by atoms with Gasteiger partial charge >= 0.3 is 11.9 Å². The van der Waals surface area contributed by atoms with E-state index >= 15 is 0 Å². The number of carbonyl (C=O) groups excluding carboxylic acids is 1. The third kappa shape index (κ3) is 3.44. The second-order valence-corrected chi connectivity index (χ2v) is 5.73. The van der Waals surface area contributed by atoms with Crippen LogP contribution in [0, 0.1) is 20.8 Å². The molecule has 2 aromatic heterocycles. The van der Waals surface area contributed by atoms with Gasteiger partial charge in [-0.25, -0.2) is 19.6 Å². The number of esters is 1. The molecule has 8 heteroatoms. The van der Waals surface area contributed by atoms with Crippen LogP contribution in [-0.2, 0) is 0 Å². The van der Waals surface area contributed by atoms with Gasteiger partial charge in [0.15, 0.2) is 0 Å². The van der Waals surface area contributed by atoms with E-state index in [2.05, 4.69) is 15.1 Å². The Labute approximate surface area is 149 Å². The molecule has 0 atom stereocenters. The maximum Gasteiger partial charge on any atom is 0.345 e. The van der Waals surface area contributed by atoms with Crippen LogP contribution < -0.4 is 4.74 Å². The zero-order chi connectivity index (χ0) is 18.8. The molecule has 0 spiro atoms. The minimum atomic E-state index is -1.21. The minimum Gasteiger partial charge on any atom is -0.478 e. The normalized spacial score (nSPS) is 10.6. The van der Waals surface area contributed by atoms with E-state index in [0.29, 0.717) is 5.69 Å². The standard InChI is InChI=1S/C18H16N4O4/c1-10-8-11(2)20-18(19-10)22-15(9-12(3)21-22)26-17(25)14-7-5-4-6-13(14)16(23)24/h4-9H,1-3H3,(H,23,24). The first kappa shape index (κ1) is 17.3. The summed E-state index contributed by atoms with van der Waals surface area (Å²) in [5, 5.41) is 13.5. The summed E-state index contributed by atoms with van der Waals surface area (Å²) in [6.45, 7) is 5.38. The van der Waals surface area contributed by atoms with Gasteiger partial charge in [0.25, 0.3) is 5.95 Å². The summed E-state index contributed by atoms with van der Waals surface area (Å²) in [6.07, 6.45) is 0. The molecular formula is C18H16N4O4. The smallest absolute Gasteiger partial charge is 0.345 e. The molecule has 0 amide bonds. The summed E-state index contributed by atoms with van der Waals surface area (Å²) in [7, 11) is 0. The van der Waals surface area contributed by atoms with E-state index in [9.17, 15) is 14.7 Å². The Morgan fingerprint density at radius 2 is 1.58 bits per heavy atom. The van der Waals surface area contributed by atoms with Gasteiger partial charge in [0.1, 0.15) is 0 Å². The lowest BCUT2D eigenvalue weighted by Gasteiger charge is -2.09. The second-order valence-electron chi connectivity index (χ2n) is 5.73. The maximum absolute atomic E-state index is 12.5. The lowest BCUT2D eigenvalue weighted by Crippen LogP contribution is -2.16. The number of carbonyl (C=O) groups is 2. The predicted molar refractivity (Wildman–Crippen MR) is 91.7 cm³/mol. The number of ether oxygens (including phenoxy) is 1. The molecule has 0 aliphatic heterocycles. The Balaban J connectivity index is 1.99. The zero-order valence-corrected chi connectivity index (χ0v) is 14.4. The summed E-state index contributed by atoms with van der Waals surface area (Å²) in [4.78, 5) is 32.4. The molecule has 0 saturated carbocycles. The average Bonchev–Trinajstić information content (AvgIpc) is 2.94. The van der Waals surface area contributed by atoms with Gasteiger partial charge in [-0.05, 0) is 39.0 Å². The van der Waals surface area contributed by atoms with Gasteiger partial charge in [0.05, 0.1) is 16.8 Å². The van der Waals surface area contributed by atoms with Crippen LogP contribution in [0.5, 0.6) is 5.88 Å². The number of carboxylic acids is 1. The van der Waals surface area contributed by atoms with Crippen LogP contribution in [0.25, 0.3) is 5.95 Å². The first-order valence-electron chi connectivity index (χ1n) is 7.79. The predicted octanol–water partition coefficient (Wildman–Crippen LogP) is 2.50. The van der Waals surface area contributed by atoms with Gasteiger partial charge in [0, 0.05) is 17.5 Å². The second kappa shape index (κ2) is 6.75. The number of aromatic nitrogens is 4. The van der Waals surface area contributed by atoms with Crippen molar-refractivity contribution in [1.82, 2.24) is 19.7 Å². The molecule has 2 heterocycles. The van der Waals surface area contributed by atoms with Gasteiger partial charge in [-0.1, -0.05) is 12.1 Å². The molecule has 132 valence electrons. The quantitative estimate of drug-likeness (QED) is 0.719. The van der Waals surface area contributed by atoms with E-state index in [0.717, 1.165) is 11.4 Å². The summed E-state index contributed by atoms with van der Waals surface area (Å²) < 4.78 is 6.71. The van der Waals surface area contributed by atoms with Crippen molar-refractivity contribution in [2.45, 2.75) is 20.8 Å². The number of aryl methyl sites for hydroxylation is 3. The highest BCUT2D eigenvalue weighted by molar-refractivity contribution is 6.03. The van der Waals surface area contributed by atoms with Gasteiger partial charge in [0.2, 0.25) is 5.88 Å². The van der Waals surface area contributed by atoms with Gasteiger partial charge < -0.3 is 9.84 Å². The maximum atomic E-state index is 12.5. The Morgan fingerprint density at radius 1 is 0.962 bits per heavy atom. The van der Waals surface area contributed by atoms with Crippen molar-refractivity contribution in [3.05, 3.63) is 64.6 Å². The average molecular weight is 352 g/mol. The van der Waals surface area contributed by atoms with Gasteiger partial charge in [-0.15, -0.1) is 0 Å².